The molecule has 0 radical (unpaired) electrons. The van der Waals surface area contributed by atoms with Gasteiger partial charge in [-0.15, -0.1) is 0 Å². The van der Waals surface area contributed by atoms with Gasteiger partial charge in [-0.25, -0.2) is 0 Å². The van der Waals surface area contributed by atoms with Crippen molar-refractivity contribution >= 4 is 5.97 Å². The van der Waals surface area contributed by atoms with E-state index in [4.69, 9.17) is 4.74 Å². The SMILES string of the molecule is O=C(O)[C@@H](Cc1ccccc1)NCCCc1ccc2c(c1)CCO2. The van der Waals surface area contributed by atoms with Crippen LogP contribution in [0.1, 0.15) is 23.1 Å². The van der Waals surface area contributed by atoms with E-state index in [-0.39, 0.29) is 0 Å². The predicted octanol–water partition coefficient (Wildman–Crippen LogP) is 2.84. The second kappa shape index (κ2) is 7.97. The van der Waals surface area contributed by atoms with Crippen LogP contribution in [0, 0.1) is 0 Å². The lowest BCUT2D eigenvalue weighted by atomic mass is 10.0. The second-order valence-corrected chi connectivity index (χ2v) is 6.18. The third-order valence-corrected chi connectivity index (χ3v) is 4.37. The lowest BCUT2D eigenvalue weighted by Gasteiger charge is -2.14. The number of nitrogens with one attached hydrogen (secondary N) is 1. The summed E-state index contributed by atoms with van der Waals surface area (Å²) in [5.74, 6) is 0.208. The minimum absolute atomic E-state index is 0.506. The van der Waals surface area contributed by atoms with E-state index in [2.05, 4.69) is 17.4 Å². The monoisotopic (exact) mass is 325 g/mol. The molecule has 24 heavy (non-hydrogen) atoms. The maximum Gasteiger partial charge on any atom is 0.321 e. The van der Waals surface area contributed by atoms with Crippen molar-refractivity contribution in [3.63, 3.8) is 0 Å². The van der Waals surface area contributed by atoms with Gasteiger partial charge in [0.25, 0.3) is 0 Å². The number of hydrogen-bond donors (Lipinski definition) is 2. The summed E-state index contributed by atoms with van der Waals surface area (Å²) in [6.45, 7) is 1.47. The number of benzene rings is 2. The molecule has 2 aromatic rings. The van der Waals surface area contributed by atoms with E-state index in [9.17, 15) is 9.90 Å². The number of ether oxygens (including phenoxy) is 1. The number of carboxylic acids is 1. The molecule has 0 aliphatic carbocycles. The van der Waals surface area contributed by atoms with Crippen LogP contribution in [-0.4, -0.2) is 30.3 Å². The van der Waals surface area contributed by atoms with Crippen LogP contribution in [0.4, 0.5) is 0 Å². The van der Waals surface area contributed by atoms with Crippen molar-refractivity contribution in [1.82, 2.24) is 5.32 Å². The van der Waals surface area contributed by atoms with Crippen LogP contribution in [0.25, 0.3) is 0 Å². The summed E-state index contributed by atoms with van der Waals surface area (Å²) in [7, 11) is 0. The Hall–Kier alpha value is -2.33. The van der Waals surface area contributed by atoms with E-state index in [1.54, 1.807) is 0 Å². The molecule has 0 aromatic heterocycles. The van der Waals surface area contributed by atoms with Gasteiger partial charge in [0.15, 0.2) is 0 Å². The topological polar surface area (TPSA) is 58.6 Å². The van der Waals surface area contributed by atoms with Crippen LogP contribution in [0.5, 0.6) is 5.75 Å². The molecule has 0 saturated heterocycles. The Kier molecular flexibility index (Phi) is 5.49. The molecule has 1 aliphatic rings. The molecule has 0 bridgehead atoms. The molecule has 0 unspecified atom stereocenters. The summed E-state index contributed by atoms with van der Waals surface area (Å²) in [5.41, 5.74) is 3.61. The van der Waals surface area contributed by atoms with Crippen LogP contribution in [0.3, 0.4) is 0 Å². The highest BCUT2D eigenvalue weighted by molar-refractivity contribution is 5.73. The predicted molar refractivity (Wildman–Crippen MR) is 93.5 cm³/mol. The van der Waals surface area contributed by atoms with Crippen molar-refractivity contribution in [2.45, 2.75) is 31.7 Å². The quantitative estimate of drug-likeness (QED) is 0.733. The Morgan fingerprint density at radius 2 is 2.00 bits per heavy atom. The number of carbonyl (C=O) groups is 1. The summed E-state index contributed by atoms with van der Waals surface area (Å²) >= 11 is 0. The Bertz CT molecular complexity index is 685. The van der Waals surface area contributed by atoms with Crippen molar-refractivity contribution in [2.75, 3.05) is 13.2 Å². The summed E-state index contributed by atoms with van der Waals surface area (Å²) in [5, 5.41) is 12.5. The summed E-state index contributed by atoms with van der Waals surface area (Å²) in [6.07, 6.45) is 3.35. The van der Waals surface area contributed by atoms with E-state index in [0.717, 1.165) is 37.2 Å². The fourth-order valence-electron chi connectivity index (χ4n) is 3.06. The smallest absolute Gasteiger partial charge is 0.321 e. The molecule has 126 valence electrons. The zero-order valence-corrected chi connectivity index (χ0v) is 13.7. The lowest BCUT2D eigenvalue weighted by Crippen LogP contribution is -2.39. The Balaban J connectivity index is 1.46. The summed E-state index contributed by atoms with van der Waals surface area (Å²) in [4.78, 5) is 11.4. The highest BCUT2D eigenvalue weighted by Gasteiger charge is 2.17. The Morgan fingerprint density at radius 1 is 1.17 bits per heavy atom. The van der Waals surface area contributed by atoms with Crippen molar-refractivity contribution in [3.8, 4) is 5.75 Å². The summed E-state index contributed by atoms with van der Waals surface area (Å²) < 4.78 is 5.52. The highest BCUT2D eigenvalue weighted by atomic mass is 16.5. The van der Waals surface area contributed by atoms with Gasteiger partial charge < -0.3 is 15.2 Å². The van der Waals surface area contributed by atoms with Gasteiger partial charge in [0.1, 0.15) is 11.8 Å². The molecule has 1 heterocycles. The van der Waals surface area contributed by atoms with E-state index in [1.807, 2.05) is 36.4 Å². The molecule has 0 spiro atoms. The average molecular weight is 325 g/mol. The molecule has 4 heteroatoms. The largest absolute Gasteiger partial charge is 0.493 e. The van der Waals surface area contributed by atoms with Gasteiger partial charge in [0.05, 0.1) is 6.61 Å². The van der Waals surface area contributed by atoms with Crippen LogP contribution in [-0.2, 0) is 24.1 Å². The zero-order chi connectivity index (χ0) is 16.8. The standard InChI is InChI=1S/C20H23NO3/c22-20(23)18(14-15-5-2-1-3-6-15)21-11-4-7-16-8-9-19-17(13-16)10-12-24-19/h1-3,5-6,8-9,13,18,21H,4,7,10-12,14H2,(H,22,23)/t18-/m1/s1. The van der Waals surface area contributed by atoms with Crippen LogP contribution >= 0.6 is 0 Å². The number of aryl methyl sites for hydroxylation is 1. The van der Waals surface area contributed by atoms with Gasteiger partial charge in [-0.1, -0.05) is 42.5 Å². The van der Waals surface area contributed by atoms with Gasteiger partial charge in [-0.3, -0.25) is 4.79 Å². The van der Waals surface area contributed by atoms with Gasteiger partial charge in [-0.05, 0) is 48.6 Å². The molecule has 0 saturated carbocycles. The molecule has 1 atom stereocenters. The van der Waals surface area contributed by atoms with Crippen molar-refractivity contribution in [2.24, 2.45) is 0 Å². The molecular weight excluding hydrogens is 302 g/mol. The van der Waals surface area contributed by atoms with E-state index in [1.165, 1.54) is 11.1 Å². The minimum Gasteiger partial charge on any atom is -0.493 e. The first-order valence-electron chi connectivity index (χ1n) is 8.47. The second-order valence-electron chi connectivity index (χ2n) is 6.18. The van der Waals surface area contributed by atoms with Crippen molar-refractivity contribution in [1.29, 1.82) is 0 Å². The fourth-order valence-corrected chi connectivity index (χ4v) is 3.06. The number of carboxylic acid groups (broad SMARTS) is 1. The number of aliphatic carboxylic acids is 1. The molecule has 0 amide bonds. The highest BCUT2D eigenvalue weighted by Crippen LogP contribution is 2.26. The molecule has 4 nitrogen and oxygen atoms in total. The van der Waals surface area contributed by atoms with E-state index in [0.29, 0.717) is 13.0 Å². The molecule has 3 rings (SSSR count). The first kappa shape index (κ1) is 16.5. The maximum absolute atomic E-state index is 11.4. The molecular formula is C20H23NO3. The fraction of sp³-hybridized carbons (Fsp3) is 0.350. The molecule has 2 aromatic carbocycles. The van der Waals surface area contributed by atoms with Gasteiger partial charge >= 0.3 is 5.97 Å². The number of hydrogen-bond acceptors (Lipinski definition) is 3. The van der Waals surface area contributed by atoms with Crippen LogP contribution < -0.4 is 10.1 Å². The van der Waals surface area contributed by atoms with E-state index >= 15 is 0 Å². The Morgan fingerprint density at radius 3 is 2.79 bits per heavy atom. The average Bonchev–Trinajstić information content (AvgIpc) is 3.06. The first-order valence-corrected chi connectivity index (χ1v) is 8.47. The van der Waals surface area contributed by atoms with Crippen LogP contribution in [0.15, 0.2) is 48.5 Å². The third-order valence-electron chi connectivity index (χ3n) is 4.37. The lowest BCUT2D eigenvalue weighted by molar-refractivity contribution is -0.139. The van der Waals surface area contributed by atoms with Gasteiger partial charge in [0.2, 0.25) is 0 Å². The minimum atomic E-state index is -0.798. The van der Waals surface area contributed by atoms with Crippen molar-refractivity contribution < 1.29 is 14.6 Å². The maximum atomic E-state index is 11.4. The molecule has 1 aliphatic heterocycles. The third kappa shape index (κ3) is 4.36. The Labute approximate surface area is 142 Å². The zero-order valence-electron chi connectivity index (χ0n) is 13.7. The normalized spacial score (nSPS) is 14.0. The van der Waals surface area contributed by atoms with Gasteiger partial charge in [-0.2, -0.15) is 0 Å². The summed E-state index contributed by atoms with van der Waals surface area (Å²) in [6, 6.07) is 15.5. The number of fused-ring (bicyclic) bond motifs is 1. The van der Waals surface area contributed by atoms with Gasteiger partial charge in [0, 0.05) is 6.42 Å². The molecule has 0 fully saturated rings. The number of rotatable bonds is 8. The van der Waals surface area contributed by atoms with E-state index < -0.39 is 12.0 Å². The first-order chi connectivity index (χ1) is 11.7. The van der Waals surface area contributed by atoms with Crippen LogP contribution in [0.2, 0.25) is 0 Å². The molecule has 2 N–H and O–H groups in total. The van der Waals surface area contributed by atoms with Crippen molar-refractivity contribution in [3.05, 3.63) is 65.2 Å².